The number of esters is 1. The van der Waals surface area contributed by atoms with Gasteiger partial charge >= 0.3 is 5.97 Å². The second-order valence-electron chi connectivity index (χ2n) is 4.25. The van der Waals surface area contributed by atoms with Crippen LogP contribution in [-0.2, 0) is 14.3 Å². The van der Waals surface area contributed by atoms with Crippen molar-refractivity contribution in [1.29, 1.82) is 0 Å². The van der Waals surface area contributed by atoms with Crippen molar-refractivity contribution in [2.24, 2.45) is 0 Å². The Kier molecular flexibility index (Phi) is 6.82. The average Bonchev–Trinajstić information content (AvgIpc) is 3.05. The van der Waals surface area contributed by atoms with Crippen LogP contribution in [0.3, 0.4) is 0 Å². The lowest BCUT2D eigenvalue weighted by atomic mass is 10.3. The molecule has 0 atom stereocenters. The number of amides is 1. The standard InChI is InChI=1S/C14H15N3O5S2/c1-20-9-3-5-10(6-4-9)22-7-11(18)15-13-16-17-14(24-13)23-8-12(19)21-2/h3-6H,7-8H2,1-2H3,(H,15,16,18). The second-order valence-corrected chi connectivity index (χ2v) is 6.45. The molecular formula is C14H15N3O5S2. The van der Waals surface area contributed by atoms with Gasteiger partial charge in [-0.15, -0.1) is 10.2 Å². The number of nitrogens with zero attached hydrogens (tertiary/aromatic N) is 2. The lowest BCUT2D eigenvalue weighted by Crippen LogP contribution is -2.20. The van der Waals surface area contributed by atoms with E-state index < -0.39 is 0 Å². The van der Waals surface area contributed by atoms with Crippen molar-refractivity contribution < 1.29 is 23.8 Å². The van der Waals surface area contributed by atoms with Gasteiger partial charge in [0.25, 0.3) is 5.91 Å². The predicted octanol–water partition coefficient (Wildman–Crippen LogP) is 1.83. The van der Waals surface area contributed by atoms with Gasteiger partial charge in [0.15, 0.2) is 10.9 Å². The lowest BCUT2D eigenvalue weighted by molar-refractivity contribution is -0.137. The minimum absolute atomic E-state index is 0.139. The molecule has 1 N–H and O–H groups in total. The Bertz CT molecular complexity index is 690. The number of aromatic nitrogens is 2. The Morgan fingerprint density at radius 3 is 2.54 bits per heavy atom. The van der Waals surface area contributed by atoms with Crippen molar-refractivity contribution >= 4 is 40.1 Å². The summed E-state index contributed by atoms with van der Waals surface area (Å²) in [5.41, 5.74) is 0. The number of methoxy groups -OCH3 is 2. The maximum absolute atomic E-state index is 11.8. The Morgan fingerprint density at radius 2 is 1.88 bits per heavy atom. The fraction of sp³-hybridized carbons (Fsp3) is 0.286. The third-order valence-corrected chi connectivity index (χ3v) is 4.57. The first kappa shape index (κ1) is 18.0. The van der Waals surface area contributed by atoms with Crippen LogP contribution in [0.25, 0.3) is 0 Å². The van der Waals surface area contributed by atoms with Crippen LogP contribution < -0.4 is 14.8 Å². The SMILES string of the molecule is COC(=O)CSc1nnc(NC(=O)COc2ccc(OC)cc2)s1. The molecule has 0 fully saturated rings. The van der Waals surface area contributed by atoms with E-state index in [0.29, 0.717) is 21.0 Å². The minimum atomic E-state index is -0.355. The first-order chi connectivity index (χ1) is 11.6. The zero-order valence-electron chi connectivity index (χ0n) is 13.0. The Morgan fingerprint density at radius 1 is 1.17 bits per heavy atom. The molecule has 0 bridgehead atoms. The molecule has 1 heterocycles. The summed E-state index contributed by atoms with van der Waals surface area (Å²) in [7, 11) is 2.89. The van der Waals surface area contributed by atoms with Crippen LogP contribution in [-0.4, -0.2) is 48.7 Å². The van der Waals surface area contributed by atoms with Crippen molar-refractivity contribution in [3.05, 3.63) is 24.3 Å². The van der Waals surface area contributed by atoms with E-state index >= 15 is 0 Å². The highest BCUT2D eigenvalue weighted by Gasteiger charge is 2.11. The predicted molar refractivity (Wildman–Crippen MR) is 89.8 cm³/mol. The zero-order chi connectivity index (χ0) is 17.4. The molecule has 1 aromatic carbocycles. The molecular weight excluding hydrogens is 354 g/mol. The van der Waals surface area contributed by atoms with Crippen molar-refractivity contribution in [3.8, 4) is 11.5 Å². The number of rotatable bonds is 8. The number of benzene rings is 1. The molecule has 0 aliphatic rings. The summed E-state index contributed by atoms with van der Waals surface area (Å²) in [6, 6.07) is 6.89. The molecule has 24 heavy (non-hydrogen) atoms. The molecule has 0 unspecified atom stereocenters. The Hall–Kier alpha value is -2.33. The van der Waals surface area contributed by atoms with E-state index in [0.717, 1.165) is 0 Å². The van der Waals surface area contributed by atoms with E-state index in [9.17, 15) is 9.59 Å². The number of ether oxygens (including phenoxy) is 3. The second kappa shape index (κ2) is 9.08. The van der Waals surface area contributed by atoms with E-state index in [1.807, 2.05) is 0 Å². The van der Waals surface area contributed by atoms with Gasteiger partial charge in [0.05, 0.1) is 20.0 Å². The molecule has 0 aliphatic heterocycles. The van der Waals surface area contributed by atoms with Crippen molar-refractivity contribution in [2.45, 2.75) is 4.34 Å². The molecule has 128 valence electrons. The molecule has 0 saturated heterocycles. The third kappa shape index (κ3) is 5.70. The van der Waals surface area contributed by atoms with Crippen LogP contribution in [0.5, 0.6) is 11.5 Å². The smallest absolute Gasteiger partial charge is 0.316 e. The largest absolute Gasteiger partial charge is 0.497 e. The van der Waals surface area contributed by atoms with E-state index in [1.165, 1.54) is 30.2 Å². The molecule has 1 aromatic heterocycles. The van der Waals surface area contributed by atoms with Gasteiger partial charge in [0.1, 0.15) is 11.5 Å². The van der Waals surface area contributed by atoms with Gasteiger partial charge < -0.3 is 14.2 Å². The van der Waals surface area contributed by atoms with Crippen LogP contribution >= 0.6 is 23.1 Å². The topological polar surface area (TPSA) is 99.6 Å². The minimum Gasteiger partial charge on any atom is -0.497 e. The van der Waals surface area contributed by atoms with Gasteiger partial charge in [-0.25, -0.2) is 0 Å². The summed E-state index contributed by atoms with van der Waals surface area (Å²) >= 11 is 2.36. The summed E-state index contributed by atoms with van der Waals surface area (Å²) in [5, 5.41) is 10.6. The maximum Gasteiger partial charge on any atom is 0.316 e. The normalized spacial score (nSPS) is 10.1. The molecule has 0 spiro atoms. The van der Waals surface area contributed by atoms with Crippen molar-refractivity contribution in [3.63, 3.8) is 0 Å². The summed E-state index contributed by atoms with van der Waals surface area (Å²) in [6.45, 7) is -0.156. The van der Waals surface area contributed by atoms with Gasteiger partial charge in [0.2, 0.25) is 5.13 Å². The lowest BCUT2D eigenvalue weighted by Gasteiger charge is -2.06. The first-order valence-electron chi connectivity index (χ1n) is 6.70. The summed E-state index contributed by atoms with van der Waals surface area (Å²) in [4.78, 5) is 22.9. The third-order valence-electron chi connectivity index (χ3n) is 2.62. The Balaban J connectivity index is 1.77. The number of thioether (sulfide) groups is 1. The Labute approximate surface area is 146 Å². The van der Waals surface area contributed by atoms with Gasteiger partial charge in [-0.3, -0.25) is 14.9 Å². The quantitative estimate of drug-likeness (QED) is 0.427. The molecule has 0 aliphatic carbocycles. The zero-order valence-corrected chi connectivity index (χ0v) is 14.6. The highest BCUT2D eigenvalue weighted by Crippen LogP contribution is 2.25. The number of hydrogen-bond donors (Lipinski definition) is 1. The first-order valence-corrected chi connectivity index (χ1v) is 8.50. The van der Waals surface area contributed by atoms with Gasteiger partial charge in [-0.1, -0.05) is 23.1 Å². The summed E-state index contributed by atoms with van der Waals surface area (Å²) in [6.07, 6.45) is 0. The van der Waals surface area contributed by atoms with Crippen LogP contribution in [0.15, 0.2) is 28.6 Å². The average molecular weight is 369 g/mol. The summed E-state index contributed by atoms with van der Waals surface area (Å²) < 4.78 is 15.5. The van der Waals surface area contributed by atoms with Crippen LogP contribution in [0.2, 0.25) is 0 Å². The molecule has 2 rings (SSSR count). The van der Waals surface area contributed by atoms with Gasteiger partial charge in [0, 0.05) is 0 Å². The van der Waals surface area contributed by atoms with Gasteiger partial charge in [-0.05, 0) is 24.3 Å². The molecule has 2 aromatic rings. The van der Waals surface area contributed by atoms with Crippen molar-refractivity contribution in [1.82, 2.24) is 10.2 Å². The number of carbonyl (C=O) groups is 2. The fourth-order valence-corrected chi connectivity index (χ4v) is 3.07. The maximum atomic E-state index is 11.8. The monoisotopic (exact) mass is 369 g/mol. The fourth-order valence-electron chi connectivity index (χ4n) is 1.47. The van der Waals surface area contributed by atoms with Crippen LogP contribution in [0.4, 0.5) is 5.13 Å². The molecule has 10 heteroatoms. The van der Waals surface area contributed by atoms with E-state index in [2.05, 4.69) is 20.3 Å². The molecule has 0 saturated carbocycles. The number of anilines is 1. The van der Waals surface area contributed by atoms with Crippen molar-refractivity contribution in [2.75, 3.05) is 31.9 Å². The molecule has 8 nitrogen and oxygen atoms in total. The number of nitrogens with one attached hydrogen (secondary N) is 1. The number of carbonyl (C=O) groups excluding carboxylic acids is 2. The van der Waals surface area contributed by atoms with Crippen LogP contribution in [0.1, 0.15) is 0 Å². The summed E-state index contributed by atoms with van der Waals surface area (Å²) in [5.74, 6) is 0.690. The van der Waals surface area contributed by atoms with E-state index in [4.69, 9.17) is 9.47 Å². The molecule has 0 radical (unpaired) electrons. The molecule has 1 amide bonds. The number of hydrogen-bond acceptors (Lipinski definition) is 9. The van der Waals surface area contributed by atoms with E-state index in [-0.39, 0.29) is 24.2 Å². The van der Waals surface area contributed by atoms with E-state index in [1.54, 1.807) is 31.4 Å². The highest BCUT2D eigenvalue weighted by molar-refractivity contribution is 8.01. The highest BCUT2D eigenvalue weighted by atomic mass is 32.2. The van der Waals surface area contributed by atoms with Crippen LogP contribution in [0, 0.1) is 0 Å². The van der Waals surface area contributed by atoms with Gasteiger partial charge in [-0.2, -0.15) is 0 Å².